The van der Waals surface area contributed by atoms with Gasteiger partial charge in [0.25, 0.3) is 0 Å². The number of aliphatic hydroxyl groups excluding tert-OH is 1. The lowest BCUT2D eigenvalue weighted by molar-refractivity contribution is 0.190. The van der Waals surface area contributed by atoms with Crippen molar-refractivity contribution in [2.24, 2.45) is 5.73 Å². The molecule has 4 heteroatoms. The molecular formula is C15H25NO3. The largest absolute Gasteiger partial charge is 0.493 e. The topological polar surface area (TPSA) is 64.7 Å². The van der Waals surface area contributed by atoms with Crippen LogP contribution in [-0.4, -0.2) is 31.5 Å². The van der Waals surface area contributed by atoms with Crippen LogP contribution in [0.5, 0.6) is 11.5 Å². The van der Waals surface area contributed by atoms with Gasteiger partial charge in [0.1, 0.15) is 0 Å². The second kappa shape index (κ2) is 5.80. The van der Waals surface area contributed by atoms with Gasteiger partial charge < -0.3 is 20.3 Å². The highest BCUT2D eigenvalue weighted by atomic mass is 16.5. The van der Waals surface area contributed by atoms with Crippen LogP contribution in [0.25, 0.3) is 0 Å². The Morgan fingerprint density at radius 2 is 1.68 bits per heavy atom. The van der Waals surface area contributed by atoms with E-state index in [0.29, 0.717) is 17.9 Å². The van der Waals surface area contributed by atoms with Gasteiger partial charge in [-0.25, -0.2) is 0 Å². The Balaban J connectivity index is 3.32. The van der Waals surface area contributed by atoms with Crippen LogP contribution in [0.15, 0.2) is 18.2 Å². The van der Waals surface area contributed by atoms with Crippen LogP contribution in [0.1, 0.15) is 32.8 Å². The maximum atomic E-state index is 9.34. The van der Waals surface area contributed by atoms with E-state index in [9.17, 15) is 5.11 Å². The van der Waals surface area contributed by atoms with Crippen molar-refractivity contribution in [1.82, 2.24) is 0 Å². The third-order valence-electron chi connectivity index (χ3n) is 4.05. The minimum absolute atomic E-state index is 0.0888. The molecule has 1 atom stereocenters. The summed E-state index contributed by atoms with van der Waals surface area (Å²) in [6.45, 7) is 6.09. The number of hydrogen-bond donors (Lipinski definition) is 2. The molecule has 0 spiro atoms. The summed E-state index contributed by atoms with van der Waals surface area (Å²) in [5.41, 5.74) is 6.54. The summed E-state index contributed by atoms with van der Waals surface area (Å²) in [5, 5.41) is 9.34. The van der Waals surface area contributed by atoms with Crippen LogP contribution in [0.4, 0.5) is 0 Å². The average molecular weight is 267 g/mol. The molecular weight excluding hydrogens is 242 g/mol. The molecule has 1 rings (SSSR count). The van der Waals surface area contributed by atoms with Crippen molar-refractivity contribution in [2.45, 2.75) is 38.1 Å². The molecule has 0 aromatic heterocycles. The van der Waals surface area contributed by atoms with Crippen LogP contribution in [0, 0.1) is 0 Å². The number of nitrogens with two attached hydrogens (primary N) is 1. The van der Waals surface area contributed by atoms with Crippen LogP contribution in [0.2, 0.25) is 0 Å². The minimum Gasteiger partial charge on any atom is -0.493 e. The predicted molar refractivity (Wildman–Crippen MR) is 76.9 cm³/mol. The Bertz CT molecular complexity index is 426. The van der Waals surface area contributed by atoms with E-state index in [0.717, 1.165) is 5.56 Å². The number of methoxy groups -OCH3 is 2. The summed E-state index contributed by atoms with van der Waals surface area (Å²) in [4.78, 5) is 0. The van der Waals surface area contributed by atoms with Gasteiger partial charge in [0.05, 0.1) is 14.2 Å². The lowest BCUT2D eigenvalue weighted by atomic mass is 9.67. The van der Waals surface area contributed by atoms with Gasteiger partial charge in [-0.2, -0.15) is 0 Å². The maximum Gasteiger partial charge on any atom is 0.161 e. The van der Waals surface area contributed by atoms with Crippen molar-refractivity contribution in [3.63, 3.8) is 0 Å². The molecule has 3 N–H and O–H groups in total. The molecule has 0 fully saturated rings. The van der Waals surface area contributed by atoms with Gasteiger partial charge in [0.15, 0.2) is 11.5 Å². The Morgan fingerprint density at radius 3 is 2.11 bits per heavy atom. The van der Waals surface area contributed by atoms with E-state index in [1.807, 2.05) is 32.0 Å². The molecule has 0 aliphatic heterocycles. The van der Waals surface area contributed by atoms with Crippen LogP contribution in [0.3, 0.4) is 0 Å². The molecule has 108 valence electrons. The van der Waals surface area contributed by atoms with Gasteiger partial charge in [-0.3, -0.25) is 0 Å². The van der Waals surface area contributed by atoms with Crippen LogP contribution >= 0.6 is 0 Å². The van der Waals surface area contributed by atoms with Gasteiger partial charge in [-0.05, 0) is 38.0 Å². The minimum atomic E-state index is -0.463. The fourth-order valence-electron chi connectivity index (χ4n) is 2.24. The number of hydrogen-bond acceptors (Lipinski definition) is 4. The zero-order chi connectivity index (χ0) is 14.7. The highest BCUT2D eigenvalue weighted by Crippen LogP contribution is 2.40. The molecule has 4 nitrogen and oxygen atoms in total. The maximum absolute atomic E-state index is 9.34. The van der Waals surface area contributed by atoms with E-state index in [1.54, 1.807) is 14.2 Å². The summed E-state index contributed by atoms with van der Waals surface area (Å²) in [6, 6.07) is 5.78. The Labute approximate surface area is 115 Å². The first kappa shape index (κ1) is 15.8. The van der Waals surface area contributed by atoms with Gasteiger partial charge >= 0.3 is 0 Å². The molecule has 1 aromatic rings. The van der Waals surface area contributed by atoms with Crippen molar-refractivity contribution in [1.29, 1.82) is 0 Å². The van der Waals surface area contributed by atoms with E-state index in [1.165, 1.54) is 0 Å². The first-order valence-corrected chi connectivity index (χ1v) is 6.42. The Hall–Kier alpha value is -1.26. The highest BCUT2D eigenvalue weighted by molar-refractivity contribution is 5.46. The van der Waals surface area contributed by atoms with Crippen molar-refractivity contribution >= 4 is 0 Å². The molecule has 0 aliphatic rings. The molecule has 0 heterocycles. The normalized spacial score (nSPS) is 14.9. The third kappa shape index (κ3) is 3.01. The second-order valence-electron chi connectivity index (χ2n) is 5.60. The van der Waals surface area contributed by atoms with E-state index in [4.69, 9.17) is 15.2 Å². The van der Waals surface area contributed by atoms with Crippen molar-refractivity contribution < 1.29 is 14.6 Å². The fourth-order valence-corrected chi connectivity index (χ4v) is 2.24. The molecule has 0 amide bonds. The third-order valence-corrected chi connectivity index (χ3v) is 4.05. The molecule has 0 saturated heterocycles. The van der Waals surface area contributed by atoms with Gasteiger partial charge in [0.2, 0.25) is 0 Å². The Morgan fingerprint density at radius 1 is 1.11 bits per heavy atom. The van der Waals surface area contributed by atoms with E-state index in [2.05, 4.69) is 6.92 Å². The summed E-state index contributed by atoms with van der Waals surface area (Å²) in [7, 11) is 3.22. The molecule has 0 saturated carbocycles. The van der Waals surface area contributed by atoms with Crippen LogP contribution in [-0.2, 0) is 5.41 Å². The first-order chi connectivity index (χ1) is 8.80. The zero-order valence-electron chi connectivity index (χ0n) is 12.5. The Kier molecular flexibility index (Phi) is 4.82. The van der Waals surface area contributed by atoms with E-state index >= 15 is 0 Å². The summed E-state index contributed by atoms with van der Waals surface area (Å²) >= 11 is 0. The smallest absolute Gasteiger partial charge is 0.161 e. The number of rotatable bonds is 6. The second-order valence-corrected chi connectivity index (χ2v) is 5.60. The summed E-state index contributed by atoms with van der Waals surface area (Å²) in [5.74, 6) is 1.36. The highest BCUT2D eigenvalue weighted by Gasteiger charge is 2.39. The van der Waals surface area contributed by atoms with Crippen molar-refractivity contribution in [3.05, 3.63) is 23.8 Å². The molecule has 0 bridgehead atoms. The van der Waals surface area contributed by atoms with Crippen molar-refractivity contribution in [3.8, 4) is 11.5 Å². The van der Waals surface area contributed by atoms with E-state index in [-0.39, 0.29) is 12.0 Å². The van der Waals surface area contributed by atoms with E-state index < -0.39 is 5.54 Å². The lowest BCUT2D eigenvalue weighted by Crippen LogP contribution is -2.52. The summed E-state index contributed by atoms with van der Waals surface area (Å²) < 4.78 is 10.6. The monoisotopic (exact) mass is 267 g/mol. The molecule has 1 aromatic carbocycles. The molecule has 1 unspecified atom stereocenters. The quantitative estimate of drug-likeness (QED) is 0.828. The van der Waals surface area contributed by atoms with Crippen molar-refractivity contribution in [2.75, 3.05) is 20.8 Å². The predicted octanol–water partition coefficient (Wildman–Crippen LogP) is 2.08. The molecule has 0 aliphatic carbocycles. The number of aliphatic hydroxyl groups is 1. The van der Waals surface area contributed by atoms with Gasteiger partial charge in [0, 0.05) is 17.6 Å². The van der Waals surface area contributed by atoms with Gasteiger partial charge in [-0.15, -0.1) is 0 Å². The average Bonchev–Trinajstić information content (AvgIpc) is 2.36. The number of benzene rings is 1. The summed E-state index contributed by atoms with van der Waals surface area (Å²) in [6.07, 6.45) is 0.589. The molecule has 19 heavy (non-hydrogen) atoms. The molecule has 0 radical (unpaired) electrons. The fraction of sp³-hybridized carbons (Fsp3) is 0.600. The van der Waals surface area contributed by atoms with Gasteiger partial charge in [-0.1, -0.05) is 13.0 Å². The standard InChI is InChI=1S/C15H25NO3/c1-14(2,16)15(3,8-9-17)11-6-7-12(18-4)13(10-11)19-5/h6-7,10,17H,8-9,16H2,1-5H3. The van der Waals surface area contributed by atoms with Crippen LogP contribution < -0.4 is 15.2 Å². The SMILES string of the molecule is COc1ccc(C(C)(CCO)C(C)(C)N)cc1OC. The lowest BCUT2D eigenvalue weighted by Gasteiger charge is -2.42. The zero-order valence-corrected chi connectivity index (χ0v) is 12.5. The number of ether oxygens (including phenoxy) is 2. The first-order valence-electron chi connectivity index (χ1n) is 6.42.